The molecule has 6 rings (SSSR count). The largest absolute Gasteiger partial charge is 0.480 e. The molecule has 0 saturated carbocycles. The maximum absolute atomic E-state index is 13.8. The Bertz CT molecular complexity index is 1540. The Labute approximate surface area is 231 Å². The summed E-state index contributed by atoms with van der Waals surface area (Å²) in [6, 6.07) is 17.4. The van der Waals surface area contributed by atoms with Crippen molar-refractivity contribution in [1.29, 1.82) is 0 Å². The van der Waals surface area contributed by atoms with Crippen molar-refractivity contribution in [2.24, 2.45) is 0 Å². The van der Waals surface area contributed by atoms with E-state index in [-0.39, 0.29) is 11.5 Å². The van der Waals surface area contributed by atoms with Gasteiger partial charge in [-0.05, 0) is 47.5 Å². The lowest BCUT2D eigenvalue weighted by Crippen LogP contribution is -2.35. The van der Waals surface area contributed by atoms with Crippen LogP contribution in [0.1, 0.15) is 28.5 Å². The second kappa shape index (κ2) is 10.8. The van der Waals surface area contributed by atoms with Crippen LogP contribution in [-0.2, 0) is 24.4 Å². The van der Waals surface area contributed by atoms with Crippen LogP contribution in [-0.4, -0.2) is 45.7 Å². The number of benzene rings is 2. The van der Waals surface area contributed by atoms with Crippen LogP contribution in [0.5, 0.6) is 5.75 Å². The quantitative estimate of drug-likeness (QED) is 0.358. The highest BCUT2D eigenvalue weighted by atomic mass is 35.5. The Kier molecular flexibility index (Phi) is 7.12. The zero-order chi connectivity index (χ0) is 26.1. The van der Waals surface area contributed by atoms with Crippen molar-refractivity contribution in [3.63, 3.8) is 0 Å². The molecule has 2 aromatic heterocycles. The number of aromatic nitrogens is 2. The third-order valence-electron chi connectivity index (χ3n) is 6.97. The van der Waals surface area contributed by atoms with E-state index >= 15 is 0 Å². The van der Waals surface area contributed by atoms with Gasteiger partial charge < -0.3 is 19.4 Å². The molecule has 1 atom stereocenters. The van der Waals surface area contributed by atoms with Gasteiger partial charge in [0.05, 0.1) is 41.9 Å². The zero-order valence-electron chi connectivity index (χ0n) is 20.7. The summed E-state index contributed by atoms with van der Waals surface area (Å²) in [5, 5.41) is 4.54. The maximum Gasteiger partial charge on any atom is 0.199 e. The van der Waals surface area contributed by atoms with E-state index in [1.54, 1.807) is 6.20 Å². The molecular weight excluding hydrogens is 520 g/mol. The second-order valence-corrected chi connectivity index (χ2v) is 10.4. The van der Waals surface area contributed by atoms with Crippen LogP contribution >= 0.6 is 23.8 Å². The second-order valence-electron chi connectivity index (χ2n) is 9.57. The average molecular weight is 547 g/mol. The third-order valence-corrected chi connectivity index (χ3v) is 7.58. The Balaban J connectivity index is 1.38. The van der Waals surface area contributed by atoms with Gasteiger partial charge in [-0.2, -0.15) is 0 Å². The summed E-state index contributed by atoms with van der Waals surface area (Å²) >= 11 is 11.7. The first-order chi connectivity index (χ1) is 18.5. The molecule has 0 radical (unpaired) electrons. The number of hydrogen-bond donors (Lipinski definition) is 1. The fourth-order valence-corrected chi connectivity index (χ4v) is 5.38. The van der Waals surface area contributed by atoms with Gasteiger partial charge in [0.1, 0.15) is 10.7 Å². The highest BCUT2D eigenvalue weighted by Gasteiger charge is 2.27. The third kappa shape index (κ3) is 5.17. The van der Waals surface area contributed by atoms with Gasteiger partial charge in [0, 0.05) is 43.6 Å². The Morgan fingerprint density at radius 2 is 1.92 bits per heavy atom. The van der Waals surface area contributed by atoms with Crippen molar-refractivity contribution in [2.45, 2.75) is 25.7 Å². The van der Waals surface area contributed by atoms with Crippen molar-refractivity contribution < 1.29 is 9.47 Å². The molecule has 2 aromatic carbocycles. The zero-order valence-corrected chi connectivity index (χ0v) is 22.3. The molecule has 9 heteroatoms. The van der Waals surface area contributed by atoms with E-state index in [0.717, 1.165) is 35.4 Å². The lowest BCUT2D eigenvalue weighted by Gasteiger charge is -2.30. The summed E-state index contributed by atoms with van der Waals surface area (Å²) in [7, 11) is 0. The highest BCUT2D eigenvalue weighted by molar-refractivity contribution is 7.80. The molecule has 0 amide bonds. The van der Waals surface area contributed by atoms with Gasteiger partial charge in [0.2, 0.25) is 0 Å². The van der Waals surface area contributed by atoms with Crippen molar-refractivity contribution in [2.75, 3.05) is 26.3 Å². The van der Waals surface area contributed by atoms with Gasteiger partial charge in [-0.15, -0.1) is 0 Å². The van der Waals surface area contributed by atoms with E-state index in [9.17, 15) is 4.79 Å². The molecule has 1 saturated heterocycles. The van der Waals surface area contributed by atoms with E-state index in [0.29, 0.717) is 59.6 Å². The fourth-order valence-electron chi connectivity index (χ4n) is 5.03. The summed E-state index contributed by atoms with van der Waals surface area (Å²) in [4.78, 5) is 21.1. The number of ether oxygens (including phenoxy) is 2. The molecule has 0 bridgehead atoms. The lowest BCUT2D eigenvalue weighted by atomic mass is 10.0. The molecule has 2 aliphatic rings. The van der Waals surface area contributed by atoms with Crippen molar-refractivity contribution >= 4 is 39.7 Å². The van der Waals surface area contributed by atoms with Crippen LogP contribution in [0.3, 0.4) is 0 Å². The van der Waals surface area contributed by atoms with Crippen molar-refractivity contribution in [3.8, 4) is 5.75 Å². The first kappa shape index (κ1) is 25.0. The summed E-state index contributed by atoms with van der Waals surface area (Å²) in [6.45, 7) is 4.87. The van der Waals surface area contributed by atoms with E-state index in [2.05, 4.69) is 25.8 Å². The van der Waals surface area contributed by atoms with Crippen LogP contribution in [0, 0.1) is 0 Å². The van der Waals surface area contributed by atoms with Gasteiger partial charge in [-0.3, -0.25) is 14.7 Å². The maximum atomic E-state index is 13.8. The molecule has 4 aromatic rings. The van der Waals surface area contributed by atoms with Gasteiger partial charge in [0.25, 0.3) is 0 Å². The molecule has 4 heterocycles. The van der Waals surface area contributed by atoms with Gasteiger partial charge in [0.15, 0.2) is 11.5 Å². The van der Waals surface area contributed by atoms with Crippen LogP contribution in [0.4, 0.5) is 0 Å². The average Bonchev–Trinajstić information content (AvgIpc) is 2.95. The first-order valence-corrected chi connectivity index (χ1v) is 13.4. The first-order valence-electron chi connectivity index (χ1n) is 12.7. The van der Waals surface area contributed by atoms with Crippen LogP contribution < -0.4 is 15.5 Å². The number of thiocarbonyl (C=S) groups is 1. The standard InChI is InChI=1S/C29H27ClN4O3S/c30-21-6-4-19(5-7-21)15-32-29(38)23-17-34-18-26(24-3-1-2-8-31-24)37-25-14-20(13-22(27(25)34)28(23)35)16-33-9-11-36-12-10-33/h1-8,13-14,17,26H,9-12,15-16,18H2,(H,32,38). The molecular formula is C29H27ClN4O3S. The summed E-state index contributed by atoms with van der Waals surface area (Å²) in [6.07, 6.45) is 3.34. The molecule has 38 heavy (non-hydrogen) atoms. The minimum Gasteiger partial charge on any atom is -0.480 e. The molecule has 1 fully saturated rings. The normalized spacial score (nSPS) is 17.2. The van der Waals surface area contributed by atoms with Gasteiger partial charge in [-0.1, -0.05) is 42.0 Å². The monoisotopic (exact) mass is 546 g/mol. The Morgan fingerprint density at radius 3 is 2.68 bits per heavy atom. The van der Waals surface area contributed by atoms with Gasteiger partial charge in [-0.25, -0.2) is 0 Å². The van der Waals surface area contributed by atoms with E-state index in [1.807, 2.05) is 54.7 Å². The topological polar surface area (TPSA) is 68.6 Å². The fraction of sp³-hybridized carbons (Fsp3) is 0.276. The molecule has 0 aliphatic carbocycles. The van der Waals surface area contributed by atoms with Crippen molar-refractivity contribution in [1.82, 2.24) is 19.8 Å². The van der Waals surface area contributed by atoms with Crippen LogP contribution in [0.2, 0.25) is 5.02 Å². The molecule has 0 spiro atoms. The lowest BCUT2D eigenvalue weighted by molar-refractivity contribution is 0.0341. The summed E-state index contributed by atoms with van der Waals surface area (Å²) < 4.78 is 14.1. The van der Waals surface area contributed by atoms with Crippen LogP contribution in [0.25, 0.3) is 10.9 Å². The number of nitrogens with zero attached hydrogens (tertiary/aromatic N) is 3. The Morgan fingerprint density at radius 1 is 1.11 bits per heavy atom. The number of hydrogen-bond acceptors (Lipinski definition) is 6. The van der Waals surface area contributed by atoms with Crippen LogP contribution in [0.15, 0.2) is 71.8 Å². The number of nitrogens with one attached hydrogen (secondary N) is 1. The number of morpholine rings is 1. The summed E-state index contributed by atoms with van der Waals surface area (Å²) in [5.41, 5.74) is 4.05. The number of rotatable bonds is 6. The molecule has 2 aliphatic heterocycles. The van der Waals surface area contributed by atoms with Gasteiger partial charge >= 0.3 is 0 Å². The summed E-state index contributed by atoms with van der Waals surface area (Å²) in [5.74, 6) is 0.691. The molecule has 1 unspecified atom stereocenters. The Hall–Kier alpha value is -3.30. The molecule has 194 valence electrons. The predicted octanol–water partition coefficient (Wildman–Crippen LogP) is 4.48. The molecule has 1 N–H and O–H groups in total. The van der Waals surface area contributed by atoms with E-state index in [4.69, 9.17) is 33.3 Å². The number of pyridine rings is 2. The highest BCUT2D eigenvalue weighted by Crippen LogP contribution is 2.36. The minimum atomic E-state index is -0.281. The van der Waals surface area contributed by atoms with Crippen molar-refractivity contribution in [3.05, 3.63) is 105 Å². The smallest absolute Gasteiger partial charge is 0.199 e. The predicted molar refractivity (Wildman–Crippen MR) is 152 cm³/mol. The van der Waals surface area contributed by atoms with E-state index in [1.165, 1.54) is 0 Å². The number of halogens is 1. The van der Waals surface area contributed by atoms with E-state index < -0.39 is 0 Å². The minimum absolute atomic E-state index is 0.102. The molecule has 7 nitrogen and oxygen atoms in total. The SMILES string of the molecule is O=c1c(C(=S)NCc2ccc(Cl)cc2)cn2c3c(cc(CN4CCOCC4)cc13)OC(c1ccccn1)C2.